The zero-order valence-corrected chi connectivity index (χ0v) is 23.4. The average Bonchev–Trinajstić information content (AvgIpc) is 3.38. The number of hydrogen-bond donors (Lipinski definition) is 1. The first kappa shape index (κ1) is 26.8. The summed E-state index contributed by atoms with van der Waals surface area (Å²) in [6.45, 7) is 2.79. The van der Waals surface area contributed by atoms with E-state index in [-0.39, 0.29) is 0 Å². The van der Waals surface area contributed by atoms with Crippen LogP contribution in [0.5, 0.6) is 11.5 Å². The second kappa shape index (κ2) is 12.8. The molecule has 0 fully saturated rings. The molecule has 5 rings (SSSR count). The Morgan fingerprint density at radius 3 is 2.38 bits per heavy atom. The van der Waals surface area contributed by atoms with Gasteiger partial charge in [0, 0.05) is 21.2 Å². The topological polar surface area (TPSA) is 55.7 Å². The molecule has 0 spiro atoms. The number of hydrogen-bond acceptors (Lipinski definition) is 6. The number of nitrogens with zero attached hydrogens (tertiary/aromatic N) is 2. The molecule has 196 valence electrons. The molecule has 0 aliphatic rings. The van der Waals surface area contributed by atoms with E-state index in [1.54, 1.807) is 6.21 Å². The minimum atomic E-state index is 0.346. The number of ether oxygens (including phenoxy) is 2. The summed E-state index contributed by atoms with van der Waals surface area (Å²) in [4.78, 5) is 5.87. The lowest BCUT2D eigenvalue weighted by Gasteiger charge is -2.13. The summed E-state index contributed by atoms with van der Waals surface area (Å²) < 4.78 is 11.8. The summed E-state index contributed by atoms with van der Waals surface area (Å²) in [5.41, 5.74) is 7.82. The van der Waals surface area contributed by atoms with Crippen molar-refractivity contribution in [2.75, 3.05) is 12.0 Å². The molecule has 5 aromatic rings. The molecule has 8 heteroatoms. The van der Waals surface area contributed by atoms with Gasteiger partial charge in [0.2, 0.25) is 5.13 Å². The molecule has 1 N–H and O–H groups in total. The summed E-state index contributed by atoms with van der Waals surface area (Å²) in [7, 11) is 0. The molecule has 1 aromatic heterocycles. The molecule has 0 saturated carbocycles. The van der Waals surface area contributed by atoms with Gasteiger partial charge in [0.05, 0.1) is 23.4 Å². The molecule has 5 nitrogen and oxygen atoms in total. The minimum Gasteiger partial charge on any atom is -0.490 e. The van der Waals surface area contributed by atoms with E-state index in [0.717, 1.165) is 32.8 Å². The number of nitrogens with one attached hydrogen (secondary N) is 1. The van der Waals surface area contributed by atoms with Gasteiger partial charge in [0.15, 0.2) is 11.5 Å². The van der Waals surface area contributed by atoms with Crippen LogP contribution < -0.4 is 14.9 Å². The van der Waals surface area contributed by atoms with Gasteiger partial charge in [-0.3, -0.25) is 5.43 Å². The van der Waals surface area contributed by atoms with E-state index in [1.807, 2.05) is 104 Å². The molecular formula is C31H25Cl2N3O2S. The number of benzene rings is 4. The third-order valence-electron chi connectivity index (χ3n) is 5.76. The van der Waals surface area contributed by atoms with Crippen LogP contribution in [0.3, 0.4) is 0 Å². The Morgan fingerprint density at radius 1 is 0.846 bits per heavy atom. The first-order valence-corrected chi connectivity index (χ1v) is 13.9. The minimum absolute atomic E-state index is 0.346. The summed E-state index contributed by atoms with van der Waals surface area (Å²) >= 11 is 13.9. The Hall–Kier alpha value is -3.84. The number of halogens is 2. The first-order chi connectivity index (χ1) is 19.1. The number of aromatic nitrogens is 1. The molecule has 0 radical (unpaired) electrons. The standard InChI is InChI=1S/C31H25Cl2N3O2S/c1-2-37-28-18-21(12-17-27(28)38-20-24-10-6-7-11-26(24)33)19-34-36-31-35-29(22-8-4-3-5-9-22)30(39-31)23-13-15-25(32)16-14-23/h3-19H,2,20H2,1H3,(H,35,36)/b34-19-. The van der Waals surface area contributed by atoms with Crippen molar-refractivity contribution in [1.29, 1.82) is 0 Å². The Kier molecular flexibility index (Phi) is 8.78. The number of hydrazone groups is 1. The summed E-state index contributed by atoms with van der Waals surface area (Å²) in [5, 5.41) is 6.48. The SMILES string of the molecule is CCOc1cc(/C=N\Nc2nc(-c3ccccc3)c(-c3ccc(Cl)cc3)s2)ccc1OCc1ccccc1Cl. The summed E-state index contributed by atoms with van der Waals surface area (Å²) in [5.74, 6) is 1.28. The van der Waals surface area contributed by atoms with Crippen LogP contribution in [0.15, 0.2) is 102 Å². The molecule has 0 aliphatic carbocycles. The van der Waals surface area contributed by atoms with E-state index >= 15 is 0 Å². The molecule has 0 unspecified atom stereocenters. The predicted octanol–water partition coefficient (Wildman–Crippen LogP) is 9.21. The van der Waals surface area contributed by atoms with Gasteiger partial charge in [0.1, 0.15) is 6.61 Å². The monoisotopic (exact) mass is 573 g/mol. The number of rotatable bonds is 10. The smallest absolute Gasteiger partial charge is 0.204 e. The average molecular weight is 575 g/mol. The van der Waals surface area contributed by atoms with Crippen LogP contribution in [0, 0.1) is 0 Å². The molecule has 1 heterocycles. The quantitative estimate of drug-likeness (QED) is 0.133. The maximum absolute atomic E-state index is 6.27. The molecule has 4 aromatic carbocycles. The second-order valence-corrected chi connectivity index (χ2v) is 10.3. The highest BCUT2D eigenvalue weighted by Gasteiger charge is 2.15. The van der Waals surface area contributed by atoms with E-state index in [1.165, 1.54) is 11.3 Å². The Morgan fingerprint density at radius 2 is 1.62 bits per heavy atom. The van der Waals surface area contributed by atoms with Gasteiger partial charge < -0.3 is 9.47 Å². The van der Waals surface area contributed by atoms with Gasteiger partial charge >= 0.3 is 0 Å². The van der Waals surface area contributed by atoms with Crippen molar-refractivity contribution in [3.05, 3.63) is 118 Å². The third kappa shape index (κ3) is 6.79. The lowest BCUT2D eigenvalue weighted by molar-refractivity contribution is 0.269. The molecule has 39 heavy (non-hydrogen) atoms. The highest BCUT2D eigenvalue weighted by atomic mass is 35.5. The van der Waals surface area contributed by atoms with E-state index < -0.39 is 0 Å². The van der Waals surface area contributed by atoms with E-state index in [0.29, 0.717) is 39.9 Å². The number of anilines is 1. The van der Waals surface area contributed by atoms with Crippen molar-refractivity contribution in [3.63, 3.8) is 0 Å². The second-order valence-electron chi connectivity index (χ2n) is 8.46. The normalized spacial score (nSPS) is 11.1. The lowest BCUT2D eigenvalue weighted by Crippen LogP contribution is -2.01. The predicted molar refractivity (Wildman–Crippen MR) is 163 cm³/mol. The van der Waals surface area contributed by atoms with Gasteiger partial charge in [-0.1, -0.05) is 95.2 Å². The fourth-order valence-corrected chi connectivity index (χ4v) is 5.14. The molecule has 0 atom stereocenters. The fraction of sp³-hybridized carbons (Fsp3) is 0.0968. The van der Waals surface area contributed by atoms with Crippen molar-refractivity contribution in [3.8, 4) is 33.2 Å². The maximum Gasteiger partial charge on any atom is 0.204 e. The van der Waals surface area contributed by atoms with Crippen LogP contribution in [0.4, 0.5) is 5.13 Å². The van der Waals surface area contributed by atoms with Crippen LogP contribution in [0.25, 0.3) is 21.7 Å². The van der Waals surface area contributed by atoms with Crippen molar-refractivity contribution in [1.82, 2.24) is 4.98 Å². The zero-order valence-electron chi connectivity index (χ0n) is 21.1. The van der Waals surface area contributed by atoms with Gasteiger partial charge in [-0.05, 0) is 54.4 Å². The number of thiazole rings is 1. The molecule has 0 amide bonds. The van der Waals surface area contributed by atoms with Crippen LogP contribution in [0.1, 0.15) is 18.1 Å². The maximum atomic E-state index is 6.27. The van der Waals surface area contributed by atoms with Gasteiger partial charge in [-0.25, -0.2) is 4.98 Å². The van der Waals surface area contributed by atoms with Gasteiger partial charge in [-0.2, -0.15) is 5.10 Å². The summed E-state index contributed by atoms with van der Waals surface area (Å²) in [6, 6.07) is 31.2. The Labute approximate surface area is 241 Å². The third-order valence-corrected chi connectivity index (χ3v) is 7.39. The summed E-state index contributed by atoms with van der Waals surface area (Å²) in [6.07, 6.45) is 1.73. The zero-order chi connectivity index (χ0) is 27.0. The molecule has 0 saturated heterocycles. The molecule has 0 bridgehead atoms. The van der Waals surface area contributed by atoms with Gasteiger partial charge in [0.25, 0.3) is 0 Å². The van der Waals surface area contributed by atoms with Crippen molar-refractivity contribution in [2.24, 2.45) is 5.10 Å². The van der Waals surface area contributed by atoms with Crippen LogP contribution in [-0.4, -0.2) is 17.8 Å². The van der Waals surface area contributed by atoms with E-state index in [9.17, 15) is 0 Å². The van der Waals surface area contributed by atoms with Crippen LogP contribution >= 0.6 is 34.5 Å². The molecule has 0 aliphatic heterocycles. The van der Waals surface area contributed by atoms with Gasteiger partial charge in [-0.15, -0.1) is 0 Å². The lowest BCUT2D eigenvalue weighted by atomic mass is 10.1. The molecular weight excluding hydrogens is 549 g/mol. The highest BCUT2D eigenvalue weighted by molar-refractivity contribution is 7.19. The largest absolute Gasteiger partial charge is 0.490 e. The highest BCUT2D eigenvalue weighted by Crippen LogP contribution is 2.39. The van der Waals surface area contributed by atoms with E-state index in [4.69, 9.17) is 37.7 Å². The van der Waals surface area contributed by atoms with Crippen molar-refractivity contribution < 1.29 is 9.47 Å². The van der Waals surface area contributed by atoms with Crippen molar-refractivity contribution >= 4 is 45.9 Å². The Bertz CT molecular complexity index is 1570. The fourth-order valence-electron chi connectivity index (χ4n) is 3.88. The Balaban J connectivity index is 1.34. The van der Waals surface area contributed by atoms with Crippen LogP contribution in [0.2, 0.25) is 10.0 Å². The van der Waals surface area contributed by atoms with Crippen LogP contribution in [-0.2, 0) is 6.61 Å². The van der Waals surface area contributed by atoms with Crippen molar-refractivity contribution in [2.45, 2.75) is 13.5 Å². The van der Waals surface area contributed by atoms with E-state index in [2.05, 4.69) is 10.5 Å². The first-order valence-electron chi connectivity index (χ1n) is 12.3.